The van der Waals surface area contributed by atoms with Gasteiger partial charge < -0.3 is 43.9 Å². The third-order valence-electron chi connectivity index (χ3n) is 10.0. The SMILES string of the molecule is COc1ccc(N2c3cc(CO)cc4c3P3c5c(cc(OC)cc5N(c5ccc(OC)cc5)c5cc(OC)cc2c53)N4c2ccc(CO)cc2)cc1. The average molecular weight is 710 g/mol. The van der Waals surface area contributed by atoms with E-state index in [9.17, 15) is 10.2 Å². The molecule has 0 aromatic heterocycles. The van der Waals surface area contributed by atoms with Crippen LogP contribution in [0.25, 0.3) is 0 Å². The number of methoxy groups -OCH3 is 4. The number of nitrogens with zero attached hydrogens (tertiary/aromatic N) is 3. The van der Waals surface area contributed by atoms with Crippen molar-refractivity contribution in [2.75, 3.05) is 43.1 Å². The number of hydrogen-bond acceptors (Lipinski definition) is 9. The number of hydrogen-bond donors (Lipinski definition) is 2. The van der Waals surface area contributed by atoms with Crippen LogP contribution in [-0.4, -0.2) is 38.7 Å². The lowest BCUT2D eigenvalue weighted by Crippen LogP contribution is -2.45. The molecule has 1 unspecified atom stereocenters. The summed E-state index contributed by atoms with van der Waals surface area (Å²) in [5.41, 5.74) is 10.5. The summed E-state index contributed by atoms with van der Waals surface area (Å²) < 4.78 is 23.2. The van der Waals surface area contributed by atoms with Crippen LogP contribution in [0.2, 0.25) is 0 Å². The lowest BCUT2D eigenvalue weighted by atomic mass is 10.0. The lowest BCUT2D eigenvalue weighted by molar-refractivity contribution is 0.281. The Hall–Kier alpha value is -5.73. The van der Waals surface area contributed by atoms with Crippen molar-refractivity contribution in [3.05, 3.63) is 120 Å². The maximum Gasteiger partial charge on any atom is 0.123 e. The summed E-state index contributed by atoms with van der Waals surface area (Å²) in [5.74, 6) is 2.96. The van der Waals surface area contributed by atoms with Gasteiger partial charge in [-0.2, -0.15) is 0 Å². The van der Waals surface area contributed by atoms with E-state index in [0.717, 1.165) is 79.6 Å². The van der Waals surface area contributed by atoms with E-state index in [1.807, 2.05) is 48.5 Å². The molecule has 260 valence electrons. The molecule has 6 aromatic rings. The highest BCUT2D eigenvalue weighted by atomic mass is 31.1. The van der Waals surface area contributed by atoms with Gasteiger partial charge in [-0.15, -0.1) is 0 Å². The largest absolute Gasteiger partial charge is 0.497 e. The molecule has 0 radical (unpaired) electrons. The van der Waals surface area contributed by atoms with Gasteiger partial charge in [0.1, 0.15) is 23.0 Å². The molecule has 1 atom stereocenters. The zero-order chi connectivity index (χ0) is 35.7. The van der Waals surface area contributed by atoms with Gasteiger partial charge in [0.05, 0.1) is 75.8 Å². The van der Waals surface area contributed by atoms with Crippen LogP contribution in [0.4, 0.5) is 51.2 Å². The molecular weight excluding hydrogens is 673 g/mol. The van der Waals surface area contributed by atoms with Crippen molar-refractivity contribution in [2.24, 2.45) is 0 Å². The molecule has 52 heavy (non-hydrogen) atoms. The molecule has 3 heterocycles. The molecule has 9 rings (SSSR count). The van der Waals surface area contributed by atoms with Crippen molar-refractivity contribution in [3.63, 3.8) is 0 Å². The second-order valence-electron chi connectivity index (χ2n) is 12.7. The predicted octanol–water partition coefficient (Wildman–Crippen LogP) is 7.81. The Morgan fingerprint density at radius 2 is 0.712 bits per heavy atom. The predicted molar refractivity (Wildman–Crippen MR) is 208 cm³/mol. The van der Waals surface area contributed by atoms with Crippen molar-refractivity contribution in [3.8, 4) is 23.0 Å². The summed E-state index contributed by atoms with van der Waals surface area (Å²) in [4.78, 5) is 6.87. The molecule has 6 aromatic carbocycles. The fourth-order valence-electron chi connectivity index (χ4n) is 7.63. The third kappa shape index (κ3) is 4.74. The van der Waals surface area contributed by atoms with Crippen LogP contribution in [0.15, 0.2) is 109 Å². The van der Waals surface area contributed by atoms with E-state index in [1.165, 1.54) is 15.9 Å². The van der Waals surface area contributed by atoms with Crippen molar-refractivity contribution >= 4 is 75.0 Å². The Bertz CT molecular complexity index is 2010. The molecule has 0 fully saturated rings. The fraction of sp³-hybridized carbons (Fsp3) is 0.143. The van der Waals surface area contributed by atoms with Gasteiger partial charge in [0, 0.05) is 65.2 Å². The van der Waals surface area contributed by atoms with E-state index in [4.69, 9.17) is 18.9 Å². The summed E-state index contributed by atoms with van der Waals surface area (Å²) in [6.45, 7) is -0.185. The van der Waals surface area contributed by atoms with Crippen LogP contribution in [0.5, 0.6) is 23.0 Å². The van der Waals surface area contributed by atoms with Crippen LogP contribution in [0.1, 0.15) is 11.1 Å². The molecule has 0 spiro atoms. The highest BCUT2D eigenvalue weighted by molar-refractivity contribution is 7.82. The van der Waals surface area contributed by atoms with Gasteiger partial charge in [0.15, 0.2) is 0 Å². The Morgan fingerprint density at radius 1 is 0.404 bits per heavy atom. The van der Waals surface area contributed by atoms with E-state index in [1.54, 1.807) is 28.4 Å². The van der Waals surface area contributed by atoms with E-state index in [0.29, 0.717) is 5.75 Å². The van der Waals surface area contributed by atoms with Crippen LogP contribution in [0, 0.1) is 0 Å². The van der Waals surface area contributed by atoms with Crippen LogP contribution in [-0.2, 0) is 13.2 Å². The van der Waals surface area contributed by atoms with E-state index >= 15 is 0 Å². The molecule has 2 N–H and O–H groups in total. The van der Waals surface area contributed by atoms with Gasteiger partial charge in [-0.05, 0) is 83.9 Å². The zero-order valence-corrected chi connectivity index (χ0v) is 30.0. The van der Waals surface area contributed by atoms with E-state index in [-0.39, 0.29) is 13.2 Å². The summed E-state index contributed by atoms with van der Waals surface area (Å²) >= 11 is 0. The van der Waals surface area contributed by atoms with Crippen molar-refractivity contribution in [2.45, 2.75) is 13.2 Å². The Labute approximate surface area is 303 Å². The van der Waals surface area contributed by atoms with Crippen LogP contribution < -0.4 is 49.6 Å². The van der Waals surface area contributed by atoms with E-state index in [2.05, 4.69) is 75.4 Å². The summed E-state index contributed by atoms with van der Waals surface area (Å²) in [7, 11) is 5.60. The van der Waals surface area contributed by atoms with E-state index < -0.39 is 7.92 Å². The number of aliphatic hydroxyl groups is 2. The minimum Gasteiger partial charge on any atom is -0.497 e. The number of ether oxygens (including phenoxy) is 4. The number of aliphatic hydroxyl groups excluding tert-OH is 2. The molecule has 0 aliphatic carbocycles. The topological polar surface area (TPSA) is 87.1 Å². The maximum absolute atomic E-state index is 10.8. The summed E-state index contributed by atoms with van der Waals surface area (Å²) in [5, 5.41) is 24.3. The Balaban J connectivity index is 1.44. The highest BCUT2D eigenvalue weighted by Gasteiger charge is 2.48. The van der Waals surface area contributed by atoms with Gasteiger partial charge in [0.25, 0.3) is 0 Å². The highest BCUT2D eigenvalue weighted by Crippen LogP contribution is 2.64. The van der Waals surface area contributed by atoms with Gasteiger partial charge in [-0.3, -0.25) is 0 Å². The lowest BCUT2D eigenvalue weighted by Gasteiger charge is -2.50. The van der Waals surface area contributed by atoms with Crippen LogP contribution in [0.3, 0.4) is 0 Å². The smallest absolute Gasteiger partial charge is 0.123 e. The van der Waals surface area contributed by atoms with Gasteiger partial charge in [-0.1, -0.05) is 12.1 Å². The van der Waals surface area contributed by atoms with Gasteiger partial charge in [0.2, 0.25) is 0 Å². The minimum absolute atomic E-state index is 0.0494. The van der Waals surface area contributed by atoms with Crippen molar-refractivity contribution in [1.29, 1.82) is 0 Å². The molecule has 0 saturated heterocycles. The number of benzene rings is 6. The second-order valence-corrected chi connectivity index (χ2v) is 14.7. The zero-order valence-electron chi connectivity index (χ0n) is 29.1. The first-order chi connectivity index (χ1) is 25.5. The Kier molecular flexibility index (Phi) is 7.74. The quantitative estimate of drug-likeness (QED) is 0.146. The average Bonchev–Trinajstić information content (AvgIpc) is 3.20. The third-order valence-corrected chi connectivity index (χ3v) is 12.7. The summed E-state index contributed by atoms with van der Waals surface area (Å²) in [6.07, 6.45) is 0. The first-order valence-corrected chi connectivity index (χ1v) is 18.2. The second kappa shape index (κ2) is 12.5. The molecule has 0 amide bonds. The molecule has 0 saturated carbocycles. The maximum atomic E-state index is 10.8. The standard InChI is InChI=1S/C42H36N3O6P/c1-48-30-13-9-28(10-14-30)44-35-18-26(24-47)17-34-40(35)52-41-36(43(34)27-7-5-25(23-46)6-8-27)19-32(50-3)21-38(41)45(29-11-15-31(49-2)16-12-29)39-22-33(51-4)20-37(44)42(39)52/h5-22,46-47H,23-24H2,1-4H3. The molecule has 3 aliphatic heterocycles. The first-order valence-electron chi connectivity index (χ1n) is 16.9. The fourth-order valence-corrected chi connectivity index (χ4v) is 10.7. The van der Waals surface area contributed by atoms with Gasteiger partial charge in [-0.25, -0.2) is 0 Å². The molecule has 0 bridgehead atoms. The molecule has 10 heteroatoms. The Morgan fingerprint density at radius 3 is 1.02 bits per heavy atom. The number of anilines is 9. The normalized spacial score (nSPS) is 14.6. The monoisotopic (exact) mass is 709 g/mol. The minimum atomic E-state index is -1.14. The first kappa shape index (κ1) is 32.2. The van der Waals surface area contributed by atoms with Crippen molar-refractivity contribution in [1.82, 2.24) is 0 Å². The molecule has 9 nitrogen and oxygen atoms in total. The van der Waals surface area contributed by atoms with Crippen molar-refractivity contribution < 1.29 is 29.2 Å². The summed E-state index contributed by atoms with van der Waals surface area (Å²) in [6, 6.07) is 36.9. The van der Waals surface area contributed by atoms with Crippen LogP contribution >= 0.6 is 7.92 Å². The van der Waals surface area contributed by atoms with Gasteiger partial charge >= 0.3 is 0 Å². The molecular formula is C42H36N3O6P. The molecule has 3 aliphatic rings. The number of rotatable bonds is 9.